The van der Waals surface area contributed by atoms with Gasteiger partial charge in [-0.25, -0.2) is 4.39 Å². The Kier molecular flexibility index (Phi) is 5.17. The fourth-order valence-corrected chi connectivity index (χ4v) is 2.90. The third kappa shape index (κ3) is 3.77. The van der Waals surface area contributed by atoms with E-state index >= 15 is 0 Å². The van der Waals surface area contributed by atoms with E-state index in [9.17, 15) is 14.3 Å². The first-order chi connectivity index (χ1) is 11.6. The van der Waals surface area contributed by atoms with Crippen LogP contribution in [0.15, 0.2) is 48.8 Å². The zero-order valence-corrected chi connectivity index (χ0v) is 13.3. The second kappa shape index (κ2) is 7.51. The zero-order chi connectivity index (χ0) is 16.9. The van der Waals surface area contributed by atoms with E-state index in [4.69, 9.17) is 0 Å². The van der Waals surface area contributed by atoms with E-state index in [1.165, 1.54) is 6.07 Å². The number of hydrogen-bond acceptors (Lipinski definition) is 4. The van der Waals surface area contributed by atoms with Crippen LogP contribution in [-0.2, 0) is 0 Å². The van der Waals surface area contributed by atoms with E-state index in [2.05, 4.69) is 4.98 Å². The quantitative estimate of drug-likeness (QED) is 0.928. The highest BCUT2D eigenvalue weighted by Crippen LogP contribution is 2.18. The number of carbonyl (C=O) groups excluding carboxylic acids is 1. The molecule has 1 aliphatic rings. The number of aromatic nitrogens is 1. The Morgan fingerprint density at radius 1 is 1.12 bits per heavy atom. The Hall–Kier alpha value is -2.31. The monoisotopic (exact) mass is 329 g/mol. The molecule has 1 unspecified atom stereocenters. The van der Waals surface area contributed by atoms with Gasteiger partial charge in [0.1, 0.15) is 5.82 Å². The van der Waals surface area contributed by atoms with Crippen LogP contribution in [0.2, 0.25) is 0 Å². The summed E-state index contributed by atoms with van der Waals surface area (Å²) < 4.78 is 13.7. The molecule has 1 atom stereocenters. The third-order valence-electron chi connectivity index (χ3n) is 4.28. The number of β-amino-alcohol motifs (C(OH)–C–C–N with tert-alkyl or cyclic N) is 1. The molecule has 1 aliphatic heterocycles. The number of amides is 1. The number of hydrogen-bond donors (Lipinski definition) is 1. The van der Waals surface area contributed by atoms with Crippen LogP contribution in [0.1, 0.15) is 22.0 Å². The lowest BCUT2D eigenvalue weighted by Crippen LogP contribution is -2.49. The molecule has 2 aromatic rings. The average molecular weight is 329 g/mol. The van der Waals surface area contributed by atoms with Crippen molar-refractivity contribution >= 4 is 5.91 Å². The smallest absolute Gasteiger partial charge is 0.254 e. The molecule has 1 aromatic heterocycles. The molecule has 3 rings (SSSR count). The van der Waals surface area contributed by atoms with Crippen molar-refractivity contribution in [3.63, 3.8) is 0 Å². The van der Waals surface area contributed by atoms with Crippen LogP contribution in [0.3, 0.4) is 0 Å². The lowest BCUT2D eigenvalue weighted by molar-refractivity contribution is 0.0522. The highest BCUT2D eigenvalue weighted by atomic mass is 19.1. The zero-order valence-electron chi connectivity index (χ0n) is 13.3. The lowest BCUT2D eigenvalue weighted by atomic mass is 10.1. The largest absolute Gasteiger partial charge is 0.387 e. The number of pyridine rings is 1. The van der Waals surface area contributed by atoms with Gasteiger partial charge in [0.15, 0.2) is 0 Å². The van der Waals surface area contributed by atoms with E-state index < -0.39 is 11.9 Å². The van der Waals surface area contributed by atoms with Gasteiger partial charge in [-0.05, 0) is 18.2 Å². The normalized spacial score (nSPS) is 16.8. The molecular formula is C18H20FN3O2. The summed E-state index contributed by atoms with van der Waals surface area (Å²) in [6.07, 6.45) is 2.34. The first-order valence-corrected chi connectivity index (χ1v) is 7.99. The Morgan fingerprint density at radius 2 is 1.79 bits per heavy atom. The number of rotatable bonds is 4. The Bertz CT molecular complexity index is 688. The molecule has 1 amide bonds. The summed E-state index contributed by atoms with van der Waals surface area (Å²) in [5.41, 5.74) is 0.942. The molecule has 1 N–H and O–H groups in total. The van der Waals surface area contributed by atoms with Crippen molar-refractivity contribution in [1.29, 1.82) is 0 Å². The predicted molar refractivity (Wildman–Crippen MR) is 87.9 cm³/mol. The van der Waals surface area contributed by atoms with E-state index in [0.29, 0.717) is 43.9 Å². The van der Waals surface area contributed by atoms with Crippen LogP contribution in [0.4, 0.5) is 4.39 Å². The molecule has 0 radical (unpaired) electrons. The average Bonchev–Trinajstić information content (AvgIpc) is 2.63. The number of benzene rings is 1. The van der Waals surface area contributed by atoms with Gasteiger partial charge in [0.25, 0.3) is 5.91 Å². The Balaban J connectivity index is 1.54. The van der Waals surface area contributed by atoms with Crippen molar-refractivity contribution in [3.8, 4) is 0 Å². The minimum atomic E-state index is -0.867. The molecule has 0 spiro atoms. The van der Waals surface area contributed by atoms with Gasteiger partial charge in [0.2, 0.25) is 0 Å². The molecule has 1 aromatic carbocycles. The predicted octanol–water partition coefficient (Wildman–Crippen LogP) is 1.71. The number of aliphatic hydroxyl groups is 1. The number of halogens is 1. The van der Waals surface area contributed by atoms with Gasteiger partial charge < -0.3 is 10.0 Å². The first-order valence-electron chi connectivity index (χ1n) is 7.99. The van der Waals surface area contributed by atoms with Crippen LogP contribution in [0.25, 0.3) is 0 Å². The maximum atomic E-state index is 13.7. The van der Waals surface area contributed by atoms with Gasteiger partial charge in [-0.3, -0.25) is 14.7 Å². The van der Waals surface area contributed by atoms with E-state index in [1.54, 1.807) is 47.6 Å². The van der Waals surface area contributed by atoms with Crippen LogP contribution in [0.5, 0.6) is 0 Å². The van der Waals surface area contributed by atoms with Gasteiger partial charge >= 0.3 is 0 Å². The maximum absolute atomic E-state index is 13.7. The van der Waals surface area contributed by atoms with Crippen molar-refractivity contribution < 1.29 is 14.3 Å². The minimum absolute atomic E-state index is 0.00768. The fraction of sp³-hybridized carbons (Fsp3) is 0.333. The van der Waals surface area contributed by atoms with E-state index in [0.717, 1.165) is 0 Å². The van der Waals surface area contributed by atoms with Gasteiger partial charge in [-0.2, -0.15) is 0 Å². The molecule has 0 aliphatic carbocycles. The summed E-state index contributed by atoms with van der Waals surface area (Å²) in [5, 5.41) is 10.2. The van der Waals surface area contributed by atoms with Crippen LogP contribution < -0.4 is 0 Å². The molecule has 126 valence electrons. The summed E-state index contributed by atoms with van der Waals surface area (Å²) in [7, 11) is 0. The number of carbonyl (C=O) groups is 1. The highest BCUT2D eigenvalue weighted by Gasteiger charge is 2.24. The van der Waals surface area contributed by atoms with E-state index in [1.807, 2.05) is 4.90 Å². The van der Waals surface area contributed by atoms with Crippen LogP contribution in [-0.4, -0.2) is 58.5 Å². The van der Waals surface area contributed by atoms with Gasteiger partial charge in [0, 0.05) is 56.2 Å². The summed E-state index contributed by atoms with van der Waals surface area (Å²) in [5.74, 6) is -0.400. The standard InChI is InChI=1S/C18H20FN3O2/c19-16-4-2-1-3-15(16)17(23)13-21-9-11-22(12-10-21)18(24)14-5-7-20-8-6-14/h1-8,17,23H,9-13H2. The number of nitrogens with zero attached hydrogens (tertiary/aromatic N) is 3. The maximum Gasteiger partial charge on any atom is 0.254 e. The second-order valence-corrected chi connectivity index (χ2v) is 5.87. The highest BCUT2D eigenvalue weighted by molar-refractivity contribution is 5.94. The molecule has 5 nitrogen and oxygen atoms in total. The Morgan fingerprint density at radius 3 is 2.46 bits per heavy atom. The molecule has 0 bridgehead atoms. The molecule has 2 heterocycles. The fourth-order valence-electron chi connectivity index (χ4n) is 2.90. The molecular weight excluding hydrogens is 309 g/mol. The van der Waals surface area contributed by atoms with Gasteiger partial charge in [-0.1, -0.05) is 18.2 Å². The van der Waals surface area contributed by atoms with Crippen molar-refractivity contribution in [1.82, 2.24) is 14.8 Å². The van der Waals surface area contributed by atoms with Crippen LogP contribution in [0, 0.1) is 5.82 Å². The SMILES string of the molecule is O=C(c1ccncc1)N1CCN(CC(O)c2ccccc2F)CC1. The number of aliphatic hydroxyl groups excluding tert-OH is 1. The topological polar surface area (TPSA) is 56.7 Å². The molecule has 1 saturated heterocycles. The Labute approximate surface area is 140 Å². The first kappa shape index (κ1) is 16.5. The third-order valence-corrected chi connectivity index (χ3v) is 4.28. The van der Waals surface area contributed by atoms with Crippen LogP contribution >= 0.6 is 0 Å². The van der Waals surface area contributed by atoms with Crippen molar-refractivity contribution in [2.45, 2.75) is 6.10 Å². The molecule has 6 heteroatoms. The minimum Gasteiger partial charge on any atom is -0.387 e. The van der Waals surface area contributed by atoms with Crippen molar-refractivity contribution in [2.75, 3.05) is 32.7 Å². The van der Waals surface area contributed by atoms with E-state index in [-0.39, 0.29) is 5.91 Å². The molecule has 24 heavy (non-hydrogen) atoms. The summed E-state index contributed by atoms with van der Waals surface area (Å²) in [6, 6.07) is 9.68. The van der Waals surface area contributed by atoms with Crippen molar-refractivity contribution in [2.24, 2.45) is 0 Å². The van der Waals surface area contributed by atoms with Crippen molar-refractivity contribution in [3.05, 3.63) is 65.7 Å². The van der Waals surface area contributed by atoms with Gasteiger partial charge in [0.05, 0.1) is 6.10 Å². The lowest BCUT2D eigenvalue weighted by Gasteiger charge is -2.35. The summed E-state index contributed by atoms with van der Waals surface area (Å²) in [6.45, 7) is 2.85. The summed E-state index contributed by atoms with van der Waals surface area (Å²) in [4.78, 5) is 20.1. The second-order valence-electron chi connectivity index (χ2n) is 5.87. The molecule has 0 saturated carbocycles. The summed E-state index contributed by atoms with van der Waals surface area (Å²) >= 11 is 0. The number of piperazine rings is 1. The molecule has 1 fully saturated rings. The van der Waals surface area contributed by atoms with Gasteiger partial charge in [-0.15, -0.1) is 0 Å².